The van der Waals surface area contributed by atoms with Crippen LogP contribution < -0.4 is 5.32 Å². The highest BCUT2D eigenvalue weighted by Crippen LogP contribution is 2.32. The van der Waals surface area contributed by atoms with E-state index in [0.717, 1.165) is 18.1 Å². The summed E-state index contributed by atoms with van der Waals surface area (Å²) in [5, 5.41) is 3.20. The van der Waals surface area contributed by atoms with Crippen molar-refractivity contribution in [3.05, 3.63) is 64.1 Å². The third-order valence-electron chi connectivity index (χ3n) is 3.23. The molecule has 0 radical (unpaired) electrons. The van der Waals surface area contributed by atoms with E-state index in [1.807, 2.05) is 30.3 Å². The van der Waals surface area contributed by atoms with Crippen LogP contribution in [0.4, 0.5) is 14.5 Å². The van der Waals surface area contributed by atoms with E-state index in [1.165, 1.54) is 6.07 Å². The third kappa shape index (κ3) is 4.27. The Bertz CT molecular complexity index is 576. The van der Waals surface area contributed by atoms with E-state index < -0.39 is 11.6 Å². The molecule has 0 fully saturated rings. The van der Waals surface area contributed by atoms with E-state index in [1.54, 1.807) is 0 Å². The number of hydrogen-bond donors (Lipinski definition) is 1. The Labute approximate surface area is 132 Å². The van der Waals surface area contributed by atoms with Crippen LogP contribution in [0, 0.1) is 17.6 Å². The van der Waals surface area contributed by atoms with Gasteiger partial charge in [0.05, 0.1) is 11.7 Å². The molecule has 0 saturated carbocycles. The highest BCUT2D eigenvalue weighted by molar-refractivity contribution is 9.10. The van der Waals surface area contributed by atoms with Crippen molar-refractivity contribution in [2.45, 2.75) is 26.3 Å². The molecule has 0 aromatic heterocycles. The summed E-state index contributed by atoms with van der Waals surface area (Å²) in [5.41, 5.74) is 1.38. The second kappa shape index (κ2) is 7.03. The summed E-state index contributed by atoms with van der Waals surface area (Å²) >= 11 is 3.22. The van der Waals surface area contributed by atoms with Crippen molar-refractivity contribution in [1.29, 1.82) is 0 Å². The van der Waals surface area contributed by atoms with Crippen molar-refractivity contribution in [2.24, 2.45) is 5.92 Å². The van der Waals surface area contributed by atoms with Gasteiger partial charge in [0.1, 0.15) is 11.6 Å². The van der Waals surface area contributed by atoms with Gasteiger partial charge in [-0.2, -0.15) is 0 Å². The van der Waals surface area contributed by atoms with Crippen molar-refractivity contribution in [2.75, 3.05) is 5.32 Å². The summed E-state index contributed by atoms with van der Waals surface area (Å²) in [6.07, 6.45) is 0.854. The molecule has 2 aromatic carbocycles. The fraction of sp³-hybridized carbons (Fsp3) is 0.294. The Kier molecular flexibility index (Phi) is 5.34. The van der Waals surface area contributed by atoms with Crippen LogP contribution in [0.15, 0.2) is 46.9 Å². The van der Waals surface area contributed by atoms with Gasteiger partial charge < -0.3 is 5.32 Å². The summed E-state index contributed by atoms with van der Waals surface area (Å²) < 4.78 is 27.6. The van der Waals surface area contributed by atoms with Crippen molar-refractivity contribution >= 4 is 21.6 Å². The molecule has 0 saturated heterocycles. The molecule has 112 valence electrons. The molecule has 4 heteroatoms. The fourth-order valence-electron chi connectivity index (χ4n) is 2.29. The minimum atomic E-state index is -0.593. The Morgan fingerprint density at radius 3 is 2.33 bits per heavy atom. The lowest BCUT2D eigenvalue weighted by Gasteiger charge is -2.23. The van der Waals surface area contributed by atoms with Crippen LogP contribution in [0.3, 0.4) is 0 Å². The maximum Gasteiger partial charge on any atom is 0.150 e. The molecule has 1 atom stereocenters. The predicted octanol–water partition coefficient (Wildman–Crippen LogP) is 5.93. The molecule has 0 bridgehead atoms. The molecule has 1 unspecified atom stereocenters. The quantitative estimate of drug-likeness (QED) is 0.702. The molecule has 2 aromatic rings. The molecule has 21 heavy (non-hydrogen) atoms. The van der Waals surface area contributed by atoms with Gasteiger partial charge in [0.25, 0.3) is 0 Å². The lowest BCUT2D eigenvalue weighted by molar-refractivity contribution is 0.525. The van der Waals surface area contributed by atoms with Crippen LogP contribution in [0.5, 0.6) is 0 Å². The zero-order valence-corrected chi connectivity index (χ0v) is 13.6. The van der Waals surface area contributed by atoms with Crippen molar-refractivity contribution < 1.29 is 8.78 Å². The number of nitrogens with one attached hydrogen (secondary N) is 1. The van der Waals surface area contributed by atoms with E-state index in [2.05, 4.69) is 35.1 Å². The van der Waals surface area contributed by atoms with Crippen LogP contribution in [0.2, 0.25) is 0 Å². The van der Waals surface area contributed by atoms with E-state index in [-0.39, 0.29) is 6.04 Å². The summed E-state index contributed by atoms with van der Waals surface area (Å²) in [4.78, 5) is 0. The van der Waals surface area contributed by atoms with Crippen molar-refractivity contribution in [3.63, 3.8) is 0 Å². The van der Waals surface area contributed by atoms with Crippen LogP contribution in [0.1, 0.15) is 31.9 Å². The standard InChI is InChI=1S/C17H18BrF2N/c1-11(2)8-16(12-6-4-3-5-7-12)21-17-14(18)9-13(19)10-15(17)20/h3-7,9-11,16,21H,8H2,1-2H3. The zero-order chi connectivity index (χ0) is 15.4. The van der Waals surface area contributed by atoms with E-state index in [9.17, 15) is 8.78 Å². The van der Waals surface area contributed by atoms with Crippen LogP contribution in [-0.2, 0) is 0 Å². The number of rotatable bonds is 5. The van der Waals surface area contributed by atoms with Crippen molar-refractivity contribution in [3.8, 4) is 0 Å². The highest BCUT2D eigenvalue weighted by atomic mass is 79.9. The van der Waals surface area contributed by atoms with E-state index >= 15 is 0 Å². The van der Waals surface area contributed by atoms with Gasteiger partial charge in [0.15, 0.2) is 0 Å². The first-order valence-corrected chi connectivity index (χ1v) is 7.72. The Morgan fingerprint density at radius 2 is 1.76 bits per heavy atom. The molecule has 0 heterocycles. The Morgan fingerprint density at radius 1 is 1.10 bits per heavy atom. The van der Waals surface area contributed by atoms with Crippen LogP contribution >= 0.6 is 15.9 Å². The number of anilines is 1. The second-order valence-electron chi connectivity index (χ2n) is 5.48. The van der Waals surface area contributed by atoms with Gasteiger partial charge >= 0.3 is 0 Å². The van der Waals surface area contributed by atoms with Gasteiger partial charge in [-0.15, -0.1) is 0 Å². The normalized spacial score (nSPS) is 12.5. The molecule has 0 spiro atoms. The first kappa shape index (κ1) is 16.0. The molecule has 1 N–H and O–H groups in total. The molecular formula is C17H18BrF2N. The fourth-order valence-corrected chi connectivity index (χ4v) is 2.81. The molecule has 0 amide bonds. The lowest BCUT2D eigenvalue weighted by Crippen LogP contribution is -2.14. The Balaban J connectivity index is 2.32. The Hall–Kier alpha value is -1.42. The van der Waals surface area contributed by atoms with Gasteiger partial charge in [-0.25, -0.2) is 8.78 Å². The topological polar surface area (TPSA) is 12.0 Å². The van der Waals surface area contributed by atoms with Gasteiger partial charge in [-0.05, 0) is 39.9 Å². The van der Waals surface area contributed by atoms with Crippen LogP contribution in [0.25, 0.3) is 0 Å². The lowest BCUT2D eigenvalue weighted by atomic mass is 9.96. The monoisotopic (exact) mass is 353 g/mol. The summed E-state index contributed by atoms with van der Waals surface area (Å²) in [6.45, 7) is 4.24. The second-order valence-corrected chi connectivity index (χ2v) is 6.34. The van der Waals surface area contributed by atoms with E-state index in [0.29, 0.717) is 16.1 Å². The SMILES string of the molecule is CC(C)CC(Nc1c(F)cc(F)cc1Br)c1ccccc1. The maximum absolute atomic E-state index is 14.0. The smallest absolute Gasteiger partial charge is 0.150 e. The molecular weight excluding hydrogens is 336 g/mol. The van der Waals surface area contributed by atoms with Crippen molar-refractivity contribution in [1.82, 2.24) is 0 Å². The molecule has 2 rings (SSSR count). The highest BCUT2D eigenvalue weighted by Gasteiger charge is 2.17. The van der Waals surface area contributed by atoms with Gasteiger partial charge in [-0.1, -0.05) is 44.2 Å². The third-order valence-corrected chi connectivity index (χ3v) is 3.86. The minimum absolute atomic E-state index is 0.0255. The summed E-state index contributed by atoms with van der Waals surface area (Å²) in [6, 6.07) is 12.0. The molecule has 0 aliphatic heterocycles. The summed E-state index contributed by atoms with van der Waals surface area (Å²) in [5.74, 6) is -0.735. The van der Waals surface area contributed by atoms with Gasteiger partial charge in [0.2, 0.25) is 0 Å². The maximum atomic E-state index is 14.0. The molecule has 0 aliphatic carbocycles. The predicted molar refractivity (Wildman–Crippen MR) is 86.3 cm³/mol. The zero-order valence-electron chi connectivity index (χ0n) is 12.0. The van der Waals surface area contributed by atoms with E-state index in [4.69, 9.17) is 0 Å². The molecule has 0 aliphatic rings. The minimum Gasteiger partial charge on any atom is -0.375 e. The van der Waals surface area contributed by atoms with Gasteiger partial charge in [-0.3, -0.25) is 0 Å². The largest absolute Gasteiger partial charge is 0.375 e. The first-order valence-electron chi connectivity index (χ1n) is 6.93. The summed E-state index contributed by atoms with van der Waals surface area (Å²) in [7, 11) is 0. The average Bonchev–Trinajstić information content (AvgIpc) is 2.42. The van der Waals surface area contributed by atoms with Crippen LogP contribution in [-0.4, -0.2) is 0 Å². The first-order chi connectivity index (χ1) is 9.97. The number of benzene rings is 2. The average molecular weight is 354 g/mol. The number of halogens is 3. The molecule has 1 nitrogen and oxygen atoms in total. The van der Waals surface area contributed by atoms with Gasteiger partial charge in [0, 0.05) is 10.5 Å². The number of hydrogen-bond acceptors (Lipinski definition) is 1.